The number of hydrogen-bond acceptors (Lipinski definition) is 2. The van der Waals surface area contributed by atoms with Crippen LogP contribution in [0.2, 0.25) is 5.02 Å². The number of halogens is 2. The summed E-state index contributed by atoms with van der Waals surface area (Å²) in [6, 6.07) is 5.41. The molecule has 0 saturated heterocycles. The van der Waals surface area contributed by atoms with Crippen molar-refractivity contribution in [2.45, 2.75) is 26.4 Å². The third kappa shape index (κ3) is 4.62. The van der Waals surface area contributed by atoms with Crippen molar-refractivity contribution in [2.24, 2.45) is 0 Å². The third-order valence-corrected chi connectivity index (χ3v) is 3.09. The van der Waals surface area contributed by atoms with Gasteiger partial charge in [-0.25, -0.2) is 4.39 Å². The minimum absolute atomic E-state index is 0.183. The second-order valence-electron chi connectivity index (χ2n) is 4.35. The molecule has 0 amide bonds. The summed E-state index contributed by atoms with van der Waals surface area (Å²) in [7, 11) is 2.07. The molecule has 0 saturated carbocycles. The van der Waals surface area contributed by atoms with Gasteiger partial charge in [-0.3, -0.25) is 0 Å². The summed E-state index contributed by atoms with van der Waals surface area (Å²) >= 11 is 5.72. The summed E-state index contributed by atoms with van der Waals surface area (Å²) in [6.45, 7) is 6.67. The molecule has 0 spiro atoms. The molecule has 0 fully saturated rings. The first-order valence-electron chi connectivity index (χ1n) is 5.89. The molecule has 0 radical (unpaired) electrons. The number of rotatable bonds is 6. The van der Waals surface area contributed by atoms with Gasteiger partial charge in [-0.05, 0) is 26.6 Å². The lowest BCUT2D eigenvalue weighted by Crippen LogP contribution is -2.37. The van der Waals surface area contributed by atoms with Crippen LogP contribution in [0.1, 0.15) is 19.4 Å². The Bertz CT molecular complexity index is 357. The predicted octanol–water partition coefficient (Wildman–Crippen LogP) is 2.91. The highest BCUT2D eigenvalue weighted by molar-refractivity contribution is 6.30. The molecule has 2 nitrogen and oxygen atoms in total. The van der Waals surface area contributed by atoms with E-state index in [4.69, 9.17) is 11.6 Å². The van der Waals surface area contributed by atoms with Crippen LogP contribution in [0.25, 0.3) is 0 Å². The highest BCUT2D eigenvalue weighted by atomic mass is 35.5. The Morgan fingerprint density at radius 2 is 2.18 bits per heavy atom. The van der Waals surface area contributed by atoms with Gasteiger partial charge in [0.25, 0.3) is 0 Å². The summed E-state index contributed by atoms with van der Waals surface area (Å²) in [6.07, 6.45) is 0. The maximum atomic E-state index is 13.6. The molecule has 17 heavy (non-hydrogen) atoms. The molecule has 0 aromatic heterocycles. The minimum atomic E-state index is -0.322. The largest absolute Gasteiger partial charge is 0.309 e. The van der Waals surface area contributed by atoms with Gasteiger partial charge in [0.05, 0.1) is 5.02 Å². The van der Waals surface area contributed by atoms with Gasteiger partial charge < -0.3 is 10.2 Å². The Labute approximate surface area is 108 Å². The smallest absolute Gasteiger partial charge is 0.146 e. The van der Waals surface area contributed by atoms with E-state index in [0.29, 0.717) is 18.2 Å². The number of hydrogen-bond donors (Lipinski definition) is 1. The van der Waals surface area contributed by atoms with Gasteiger partial charge >= 0.3 is 0 Å². The maximum absolute atomic E-state index is 13.6. The topological polar surface area (TPSA) is 15.3 Å². The van der Waals surface area contributed by atoms with Crippen LogP contribution in [0, 0.1) is 5.82 Å². The lowest BCUT2D eigenvalue weighted by molar-refractivity contribution is 0.309. The fraction of sp³-hybridized carbons (Fsp3) is 0.538. The SMILES string of the molecule is CCN(C)CC(C)NCc1cccc(Cl)c1F. The van der Waals surface area contributed by atoms with Crippen molar-refractivity contribution in [1.29, 1.82) is 0 Å². The standard InChI is InChI=1S/C13H20ClFN2/c1-4-17(3)9-10(2)16-8-11-6-5-7-12(14)13(11)15/h5-7,10,16H,4,8-9H2,1-3H3. The first kappa shape index (κ1) is 14.4. The van der Waals surface area contributed by atoms with E-state index in [-0.39, 0.29) is 10.8 Å². The number of nitrogens with one attached hydrogen (secondary N) is 1. The number of nitrogens with zero attached hydrogens (tertiary/aromatic N) is 1. The molecule has 1 aromatic carbocycles. The Morgan fingerprint density at radius 1 is 1.47 bits per heavy atom. The van der Waals surface area contributed by atoms with Crippen LogP contribution in [0.15, 0.2) is 18.2 Å². The van der Waals surface area contributed by atoms with Crippen LogP contribution in [0.5, 0.6) is 0 Å². The van der Waals surface area contributed by atoms with Crippen molar-refractivity contribution in [1.82, 2.24) is 10.2 Å². The van der Waals surface area contributed by atoms with Gasteiger partial charge in [0, 0.05) is 24.7 Å². The molecule has 96 valence electrons. The minimum Gasteiger partial charge on any atom is -0.309 e. The Kier molecular flexibility index (Phi) is 5.89. The van der Waals surface area contributed by atoms with Gasteiger partial charge in [0.1, 0.15) is 5.82 Å². The molecule has 4 heteroatoms. The Morgan fingerprint density at radius 3 is 2.82 bits per heavy atom. The van der Waals surface area contributed by atoms with E-state index in [0.717, 1.165) is 13.1 Å². The average molecular weight is 259 g/mol. The lowest BCUT2D eigenvalue weighted by atomic mass is 10.2. The second-order valence-corrected chi connectivity index (χ2v) is 4.76. The highest BCUT2D eigenvalue weighted by Crippen LogP contribution is 2.17. The van der Waals surface area contributed by atoms with Crippen LogP contribution < -0.4 is 5.32 Å². The lowest BCUT2D eigenvalue weighted by Gasteiger charge is -2.20. The molecular formula is C13H20ClFN2. The molecule has 0 bridgehead atoms. The van der Waals surface area contributed by atoms with Crippen LogP contribution >= 0.6 is 11.6 Å². The Balaban J connectivity index is 2.47. The summed E-state index contributed by atoms with van der Waals surface area (Å²) in [5.41, 5.74) is 0.614. The van der Waals surface area contributed by atoms with Crippen LogP contribution in [-0.2, 0) is 6.54 Å². The number of likely N-dealkylation sites (N-methyl/N-ethyl adjacent to an activating group) is 1. The average Bonchev–Trinajstić information content (AvgIpc) is 2.31. The van der Waals surface area contributed by atoms with Crippen molar-refractivity contribution < 1.29 is 4.39 Å². The first-order valence-corrected chi connectivity index (χ1v) is 6.27. The van der Waals surface area contributed by atoms with Gasteiger partial charge in [-0.1, -0.05) is 30.7 Å². The molecule has 0 aliphatic heterocycles. The molecule has 0 heterocycles. The maximum Gasteiger partial charge on any atom is 0.146 e. The first-order chi connectivity index (χ1) is 8.04. The van der Waals surface area contributed by atoms with Gasteiger partial charge in [-0.15, -0.1) is 0 Å². The molecule has 0 aliphatic carbocycles. The third-order valence-electron chi connectivity index (χ3n) is 2.80. The molecular weight excluding hydrogens is 239 g/mol. The van der Waals surface area contributed by atoms with Crippen molar-refractivity contribution in [3.05, 3.63) is 34.6 Å². The summed E-state index contributed by atoms with van der Waals surface area (Å²) < 4.78 is 13.6. The van der Waals surface area contributed by atoms with Gasteiger partial charge in [0.15, 0.2) is 0 Å². The van der Waals surface area contributed by atoms with Crippen molar-refractivity contribution in [3.8, 4) is 0 Å². The predicted molar refractivity (Wildman–Crippen MR) is 70.9 cm³/mol. The molecule has 1 unspecified atom stereocenters. The zero-order valence-electron chi connectivity index (χ0n) is 10.6. The normalized spacial score (nSPS) is 13.1. The van der Waals surface area contributed by atoms with Crippen LogP contribution in [0.4, 0.5) is 4.39 Å². The fourth-order valence-electron chi connectivity index (χ4n) is 1.63. The monoisotopic (exact) mass is 258 g/mol. The van der Waals surface area contributed by atoms with E-state index in [9.17, 15) is 4.39 Å². The van der Waals surface area contributed by atoms with Gasteiger partial charge in [-0.2, -0.15) is 0 Å². The van der Waals surface area contributed by atoms with Crippen LogP contribution in [-0.4, -0.2) is 31.1 Å². The van der Waals surface area contributed by atoms with Crippen molar-refractivity contribution >= 4 is 11.6 Å². The van der Waals surface area contributed by atoms with Gasteiger partial charge in [0.2, 0.25) is 0 Å². The van der Waals surface area contributed by atoms with E-state index in [2.05, 4.69) is 31.1 Å². The van der Waals surface area contributed by atoms with E-state index in [1.54, 1.807) is 18.2 Å². The summed E-state index contributed by atoms with van der Waals surface area (Å²) in [4.78, 5) is 2.21. The molecule has 1 rings (SSSR count). The molecule has 1 aromatic rings. The van der Waals surface area contributed by atoms with Crippen molar-refractivity contribution in [3.63, 3.8) is 0 Å². The molecule has 1 N–H and O–H groups in total. The fourth-order valence-corrected chi connectivity index (χ4v) is 1.82. The van der Waals surface area contributed by atoms with Crippen molar-refractivity contribution in [2.75, 3.05) is 20.1 Å². The molecule has 0 aliphatic rings. The van der Waals surface area contributed by atoms with Crippen LogP contribution in [0.3, 0.4) is 0 Å². The molecule has 1 atom stereocenters. The zero-order chi connectivity index (χ0) is 12.8. The van der Waals surface area contributed by atoms with E-state index >= 15 is 0 Å². The van der Waals surface area contributed by atoms with E-state index < -0.39 is 0 Å². The quantitative estimate of drug-likeness (QED) is 0.844. The summed E-state index contributed by atoms with van der Waals surface area (Å²) in [5.74, 6) is -0.322. The second kappa shape index (κ2) is 6.94. The van der Waals surface area contributed by atoms with E-state index in [1.807, 2.05) is 0 Å². The Hall–Kier alpha value is -0.640. The van der Waals surface area contributed by atoms with E-state index in [1.165, 1.54) is 0 Å². The number of benzene rings is 1. The summed E-state index contributed by atoms with van der Waals surface area (Å²) in [5, 5.41) is 3.47. The highest BCUT2D eigenvalue weighted by Gasteiger charge is 2.08. The zero-order valence-corrected chi connectivity index (χ0v) is 11.4.